The Bertz CT molecular complexity index is 393. The molecule has 2 heterocycles. The first-order valence-corrected chi connectivity index (χ1v) is 7.04. The van der Waals surface area contributed by atoms with Crippen LogP contribution in [0.4, 0.5) is 0 Å². The SMILES string of the molecule is CC1CCN(C(=O)c2csc(Br)c2)CC1N. The molecule has 2 N–H and O–H groups in total. The minimum Gasteiger partial charge on any atom is -0.337 e. The van der Waals surface area contributed by atoms with Crippen molar-refractivity contribution < 1.29 is 4.79 Å². The molecular weight excluding hydrogens is 288 g/mol. The first-order chi connectivity index (χ1) is 7.58. The largest absolute Gasteiger partial charge is 0.337 e. The molecule has 0 saturated carbocycles. The van der Waals surface area contributed by atoms with Crippen LogP contribution in [0.2, 0.25) is 0 Å². The zero-order valence-corrected chi connectivity index (χ0v) is 11.6. The first kappa shape index (κ1) is 12.1. The van der Waals surface area contributed by atoms with Crippen LogP contribution in [0, 0.1) is 5.92 Å². The summed E-state index contributed by atoms with van der Waals surface area (Å²) in [5.41, 5.74) is 6.75. The molecule has 1 aromatic heterocycles. The van der Waals surface area contributed by atoms with Crippen molar-refractivity contribution in [1.29, 1.82) is 0 Å². The number of piperidine rings is 1. The van der Waals surface area contributed by atoms with Crippen LogP contribution in [-0.4, -0.2) is 29.9 Å². The normalized spacial score (nSPS) is 25.8. The van der Waals surface area contributed by atoms with E-state index in [0.29, 0.717) is 12.5 Å². The van der Waals surface area contributed by atoms with Gasteiger partial charge in [-0.05, 0) is 34.3 Å². The molecule has 3 nitrogen and oxygen atoms in total. The van der Waals surface area contributed by atoms with Crippen molar-refractivity contribution in [1.82, 2.24) is 4.90 Å². The summed E-state index contributed by atoms with van der Waals surface area (Å²) in [6.45, 7) is 3.64. The lowest BCUT2D eigenvalue weighted by atomic mass is 9.94. The van der Waals surface area contributed by atoms with Gasteiger partial charge in [0.05, 0.1) is 9.35 Å². The van der Waals surface area contributed by atoms with E-state index in [2.05, 4.69) is 22.9 Å². The number of carbonyl (C=O) groups excluding carboxylic acids is 1. The van der Waals surface area contributed by atoms with Gasteiger partial charge in [0.1, 0.15) is 0 Å². The van der Waals surface area contributed by atoms with Gasteiger partial charge >= 0.3 is 0 Å². The molecule has 1 aliphatic rings. The lowest BCUT2D eigenvalue weighted by molar-refractivity contribution is 0.0673. The Kier molecular flexibility index (Phi) is 3.66. The molecule has 0 bridgehead atoms. The van der Waals surface area contributed by atoms with E-state index in [1.54, 1.807) is 0 Å². The third-order valence-corrected chi connectivity index (χ3v) is 4.62. The van der Waals surface area contributed by atoms with Gasteiger partial charge in [-0.15, -0.1) is 11.3 Å². The van der Waals surface area contributed by atoms with E-state index in [1.165, 1.54) is 11.3 Å². The molecule has 0 spiro atoms. The van der Waals surface area contributed by atoms with Gasteiger partial charge < -0.3 is 10.6 Å². The lowest BCUT2D eigenvalue weighted by Gasteiger charge is -2.34. The maximum atomic E-state index is 12.1. The highest BCUT2D eigenvalue weighted by Gasteiger charge is 2.27. The van der Waals surface area contributed by atoms with Crippen LogP contribution in [-0.2, 0) is 0 Å². The van der Waals surface area contributed by atoms with Crippen LogP contribution in [0.1, 0.15) is 23.7 Å². The average Bonchev–Trinajstić information content (AvgIpc) is 2.68. The van der Waals surface area contributed by atoms with Gasteiger partial charge in [0, 0.05) is 24.5 Å². The molecule has 1 aromatic rings. The van der Waals surface area contributed by atoms with Gasteiger partial charge in [-0.25, -0.2) is 0 Å². The van der Waals surface area contributed by atoms with E-state index in [4.69, 9.17) is 5.73 Å². The Balaban J connectivity index is 2.06. The van der Waals surface area contributed by atoms with Crippen LogP contribution in [0.25, 0.3) is 0 Å². The molecule has 2 rings (SSSR count). The van der Waals surface area contributed by atoms with E-state index in [0.717, 1.165) is 22.3 Å². The summed E-state index contributed by atoms with van der Waals surface area (Å²) in [6.07, 6.45) is 0.998. The number of amides is 1. The van der Waals surface area contributed by atoms with Gasteiger partial charge in [-0.3, -0.25) is 4.79 Å². The molecule has 0 radical (unpaired) electrons. The Morgan fingerprint density at radius 2 is 2.44 bits per heavy atom. The molecule has 5 heteroatoms. The third-order valence-electron chi connectivity index (χ3n) is 3.12. The number of nitrogens with two attached hydrogens (primary N) is 1. The van der Waals surface area contributed by atoms with Crippen LogP contribution in [0.15, 0.2) is 15.2 Å². The van der Waals surface area contributed by atoms with Crippen molar-refractivity contribution in [3.63, 3.8) is 0 Å². The molecule has 0 aliphatic carbocycles. The van der Waals surface area contributed by atoms with Crippen LogP contribution >= 0.6 is 27.3 Å². The molecule has 2 unspecified atom stereocenters. The summed E-state index contributed by atoms with van der Waals surface area (Å²) in [6, 6.07) is 1.98. The number of likely N-dealkylation sites (tertiary alicyclic amines) is 1. The predicted octanol–water partition coefficient (Wildman–Crippen LogP) is 2.32. The fourth-order valence-electron chi connectivity index (χ4n) is 1.89. The van der Waals surface area contributed by atoms with Gasteiger partial charge in [-0.2, -0.15) is 0 Å². The van der Waals surface area contributed by atoms with Crippen molar-refractivity contribution in [3.05, 3.63) is 20.8 Å². The standard InChI is InChI=1S/C11H15BrN2OS/c1-7-2-3-14(5-9(7)13)11(15)8-4-10(12)16-6-8/h4,6-7,9H,2-3,5,13H2,1H3. The Labute approximate surface area is 108 Å². The fraction of sp³-hybridized carbons (Fsp3) is 0.545. The molecule has 2 atom stereocenters. The number of rotatable bonds is 1. The Hall–Kier alpha value is -0.390. The summed E-state index contributed by atoms with van der Waals surface area (Å²) < 4.78 is 0.991. The fourth-order valence-corrected chi connectivity index (χ4v) is 3.02. The smallest absolute Gasteiger partial charge is 0.254 e. The van der Waals surface area contributed by atoms with Crippen molar-refractivity contribution in [2.45, 2.75) is 19.4 Å². The second kappa shape index (κ2) is 4.85. The Morgan fingerprint density at radius 1 is 1.69 bits per heavy atom. The van der Waals surface area contributed by atoms with Gasteiger partial charge in [-0.1, -0.05) is 6.92 Å². The first-order valence-electron chi connectivity index (χ1n) is 5.37. The summed E-state index contributed by atoms with van der Waals surface area (Å²) >= 11 is 4.90. The second-order valence-electron chi connectivity index (χ2n) is 4.32. The average molecular weight is 303 g/mol. The van der Waals surface area contributed by atoms with Gasteiger partial charge in [0.25, 0.3) is 5.91 Å². The zero-order chi connectivity index (χ0) is 11.7. The van der Waals surface area contributed by atoms with E-state index in [9.17, 15) is 4.79 Å². The van der Waals surface area contributed by atoms with E-state index < -0.39 is 0 Å². The second-order valence-corrected chi connectivity index (χ2v) is 6.61. The van der Waals surface area contributed by atoms with E-state index >= 15 is 0 Å². The molecule has 1 amide bonds. The zero-order valence-electron chi connectivity index (χ0n) is 9.15. The highest BCUT2D eigenvalue weighted by atomic mass is 79.9. The minimum absolute atomic E-state index is 0.101. The van der Waals surface area contributed by atoms with Crippen molar-refractivity contribution >= 4 is 33.2 Å². The number of carbonyl (C=O) groups is 1. The molecule has 1 saturated heterocycles. The van der Waals surface area contributed by atoms with Crippen LogP contribution in [0.5, 0.6) is 0 Å². The minimum atomic E-state index is 0.101. The van der Waals surface area contributed by atoms with Gasteiger partial charge in [0.2, 0.25) is 0 Å². The quantitative estimate of drug-likeness (QED) is 0.865. The summed E-state index contributed by atoms with van der Waals surface area (Å²) in [7, 11) is 0. The number of nitrogens with zero attached hydrogens (tertiary/aromatic N) is 1. The maximum Gasteiger partial charge on any atom is 0.254 e. The van der Waals surface area contributed by atoms with Crippen molar-refractivity contribution in [2.75, 3.05) is 13.1 Å². The molecule has 1 aliphatic heterocycles. The molecule has 1 fully saturated rings. The van der Waals surface area contributed by atoms with Crippen LogP contribution < -0.4 is 5.73 Å². The monoisotopic (exact) mass is 302 g/mol. The van der Waals surface area contributed by atoms with Crippen molar-refractivity contribution in [3.8, 4) is 0 Å². The molecule has 88 valence electrons. The molecule has 0 aromatic carbocycles. The van der Waals surface area contributed by atoms with Crippen molar-refractivity contribution in [2.24, 2.45) is 11.7 Å². The van der Waals surface area contributed by atoms with E-state index in [1.807, 2.05) is 16.3 Å². The van der Waals surface area contributed by atoms with Gasteiger partial charge in [0.15, 0.2) is 0 Å². The van der Waals surface area contributed by atoms with Crippen LogP contribution in [0.3, 0.4) is 0 Å². The number of hydrogen-bond donors (Lipinski definition) is 1. The molecular formula is C11H15BrN2OS. The summed E-state index contributed by atoms with van der Waals surface area (Å²) in [4.78, 5) is 14.0. The third kappa shape index (κ3) is 2.47. The highest BCUT2D eigenvalue weighted by molar-refractivity contribution is 9.11. The summed E-state index contributed by atoms with van der Waals surface area (Å²) in [5, 5.41) is 1.88. The topological polar surface area (TPSA) is 46.3 Å². The summed E-state index contributed by atoms with van der Waals surface area (Å²) in [5.74, 6) is 0.613. The number of halogens is 1. The van der Waals surface area contributed by atoms with E-state index in [-0.39, 0.29) is 11.9 Å². The Morgan fingerprint density at radius 3 is 3.00 bits per heavy atom. The highest BCUT2D eigenvalue weighted by Crippen LogP contribution is 2.23. The number of thiophene rings is 1. The molecule has 16 heavy (non-hydrogen) atoms. The number of hydrogen-bond acceptors (Lipinski definition) is 3. The maximum absolute atomic E-state index is 12.1. The predicted molar refractivity (Wildman–Crippen MR) is 69.7 cm³/mol. The lowest BCUT2D eigenvalue weighted by Crippen LogP contribution is -2.49.